The molecule has 0 unspecified atom stereocenters. The third kappa shape index (κ3) is 4.37. The van der Waals surface area contributed by atoms with Crippen LogP contribution in [0.3, 0.4) is 0 Å². The van der Waals surface area contributed by atoms with Gasteiger partial charge in [-0.1, -0.05) is 30.3 Å². The largest absolute Gasteiger partial charge is 0.372 e. The highest BCUT2D eigenvalue weighted by Gasteiger charge is 1.83. The molecule has 1 rings (SSSR count). The molecule has 4 heteroatoms. The van der Waals surface area contributed by atoms with E-state index < -0.39 is 0 Å². The van der Waals surface area contributed by atoms with Crippen LogP contribution in [-0.4, -0.2) is 11.3 Å². The van der Waals surface area contributed by atoms with E-state index in [4.69, 9.17) is 5.73 Å². The van der Waals surface area contributed by atoms with E-state index in [-0.39, 0.29) is 5.11 Å². The van der Waals surface area contributed by atoms with Gasteiger partial charge in [0.25, 0.3) is 0 Å². The number of benzene rings is 1. The minimum absolute atomic E-state index is 0.217. The van der Waals surface area contributed by atoms with Crippen LogP contribution in [0.5, 0.6) is 0 Å². The number of hydrazone groups is 1. The SMILES string of the molecule is NC(=S)N[NH+]=CC=Cc1ccccc1. The normalized spacial score (nSPS) is 10.9. The molecule has 0 saturated carbocycles. The van der Waals surface area contributed by atoms with Gasteiger partial charge in [0, 0.05) is 6.08 Å². The average molecular weight is 206 g/mol. The van der Waals surface area contributed by atoms with E-state index in [2.05, 4.69) is 22.7 Å². The summed E-state index contributed by atoms with van der Waals surface area (Å²) < 4.78 is 0. The highest BCUT2D eigenvalue weighted by Crippen LogP contribution is 1.99. The lowest BCUT2D eigenvalue weighted by molar-refractivity contribution is -0.499. The third-order valence-corrected chi connectivity index (χ3v) is 1.57. The molecule has 0 aliphatic carbocycles. The zero-order chi connectivity index (χ0) is 10.2. The number of allylic oxidation sites excluding steroid dienone is 1. The van der Waals surface area contributed by atoms with Gasteiger partial charge in [0.15, 0.2) is 6.21 Å². The van der Waals surface area contributed by atoms with Crippen LogP contribution in [0.4, 0.5) is 0 Å². The molecule has 1 aromatic rings. The Hall–Kier alpha value is -1.68. The molecule has 0 bridgehead atoms. The first kappa shape index (κ1) is 10.4. The van der Waals surface area contributed by atoms with Crippen molar-refractivity contribution in [3.05, 3.63) is 42.0 Å². The highest BCUT2D eigenvalue weighted by atomic mass is 32.1. The van der Waals surface area contributed by atoms with Crippen LogP contribution in [0.25, 0.3) is 6.08 Å². The molecule has 3 nitrogen and oxygen atoms in total. The average Bonchev–Trinajstić information content (AvgIpc) is 2.18. The number of nitrogens with two attached hydrogens (primary N) is 1. The maximum Gasteiger partial charge on any atom is 0.221 e. The van der Waals surface area contributed by atoms with Crippen LogP contribution < -0.4 is 16.3 Å². The van der Waals surface area contributed by atoms with Gasteiger partial charge in [-0.05, 0) is 23.9 Å². The molecule has 0 atom stereocenters. The quantitative estimate of drug-likeness (QED) is 0.358. The van der Waals surface area contributed by atoms with Crippen molar-refractivity contribution in [1.82, 2.24) is 5.43 Å². The van der Waals surface area contributed by atoms with Gasteiger partial charge in [-0.15, -0.1) is 10.5 Å². The lowest BCUT2D eigenvalue weighted by Crippen LogP contribution is -2.82. The summed E-state index contributed by atoms with van der Waals surface area (Å²) >= 11 is 4.60. The van der Waals surface area contributed by atoms with Gasteiger partial charge < -0.3 is 5.73 Å². The van der Waals surface area contributed by atoms with Crippen molar-refractivity contribution in [2.45, 2.75) is 0 Å². The molecule has 0 heterocycles. The van der Waals surface area contributed by atoms with E-state index in [0.717, 1.165) is 5.56 Å². The first-order chi connectivity index (χ1) is 6.79. The fourth-order valence-electron chi connectivity index (χ4n) is 0.884. The molecule has 1 aromatic carbocycles. The second-order valence-corrected chi connectivity index (χ2v) is 3.01. The molecule has 0 spiro atoms. The number of hydrogen-bond donors (Lipinski definition) is 3. The van der Waals surface area contributed by atoms with Crippen LogP contribution in [0.2, 0.25) is 0 Å². The van der Waals surface area contributed by atoms with Crippen molar-refractivity contribution in [1.29, 1.82) is 0 Å². The van der Waals surface area contributed by atoms with E-state index in [1.165, 1.54) is 0 Å². The van der Waals surface area contributed by atoms with E-state index in [1.807, 2.05) is 42.5 Å². The van der Waals surface area contributed by atoms with Crippen LogP contribution in [0.1, 0.15) is 5.56 Å². The summed E-state index contributed by atoms with van der Waals surface area (Å²) in [6.45, 7) is 0. The maximum atomic E-state index is 5.20. The smallest absolute Gasteiger partial charge is 0.221 e. The van der Waals surface area contributed by atoms with Gasteiger partial charge >= 0.3 is 0 Å². The topological polar surface area (TPSA) is 52.0 Å². The summed E-state index contributed by atoms with van der Waals surface area (Å²) in [5, 5.41) is 2.94. The predicted molar refractivity (Wildman–Crippen MR) is 62.4 cm³/mol. The fourth-order valence-corrected chi connectivity index (χ4v) is 0.943. The third-order valence-electron chi connectivity index (χ3n) is 1.46. The monoisotopic (exact) mass is 206 g/mol. The fraction of sp³-hybridized carbons (Fsp3) is 0. The molecular weight excluding hydrogens is 194 g/mol. The second-order valence-electron chi connectivity index (χ2n) is 2.57. The Labute approximate surface area is 88.3 Å². The maximum absolute atomic E-state index is 5.20. The van der Waals surface area contributed by atoms with Gasteiger partial charge in [0.05, 0.1) is 0 Å². The van der Waals surface area contributed by atoms with Crippen LogP contribution in [0, 0.1) is 0 Å². The van der Waals surface area contributed by atoms with Crippen molar-refractivity contribution in [2.24, 2.45) is 5.73 Å². The summed E-state index contributed by atoms with van der Waals surface area (Å²) in [4.78, 5) is 0. The predicted octanol–water partition coefficient (Wildman–Crippen LogP) is -0.401. The second kappa shape index (κ2) is 5.88. The van der Waals surface area contributed by atoms with Crippen molar-refractivity contribution in [3.63, 3.8) is 0 Å². The minimum Gasteiger partial charge on any atom is -0.372 e. The highest BCUT2D eigenvalue weighted by molar-refractivity contribution is 7.80. The number of nitrogens with one attached hydrogen (secondary N) is 2. The summed E-state index contributed by atoms with van der Waals surface area (Å²) in [7, 11) is 0. The number of thiocarbonyl (C=S) groups is 1. The van der Waals surface area contributed by atoms with Crippen LogP contribution >= 0.6 is 12.2 Å². The van der Waals surface area contributed by atoms with Crippen LogP contribution in [0.15, 0.2) is 36.4 Å². The first-order valence-corrected chi connectivity index (χ1v) is 4.56. The summed E-state index contributed by atoms with van der Waals surface area (Å²) in [6.07, 6.45) is 5.54. The Bertz CT molecular complexity index is 344. The Morgan fingerprint density at radius 3 is 2.71 bits per heavy atom. The van der Waals surface area contributed by atoms with E-state index in [0.29, 0.717) is 0 Å². The molecule has 14 heavy (non-hydrogen) atoms. The Kier molecular flexibility index (Phi) is 4.37. The molecule has 0 amide bonds. The number of rotatable bonds is 3. The van der Waals surface area contributed by atoms with Crippen molar-refractivity contribution in [3.8, 4) is 0 Å². The molecule has 72 valence electrons. The van der Waals surface area contributed by atoms with Gasteiger partial charge in [-0.25, -0.2) is 0 Å². The van der Waals surface area contributed by atoms with Crippen molar-refractivity contribution < 1.29 is 5.10 Å². The van der Waals surface area contributed by atoms with Crippen molar-refractivity contribution in [2.75, 3.05) is 0 Å². The summed E-state index contributed by atoms with van der Waals surface area (Å²) in [5.41, 5.74) is 8.92. The van der Waals surface area contributed by atoms with Gasteiger partial charge in [-0.2, -0.15) is 0 Å². The Morgan fingerprint density at radius 2 is 2.07 bits per heavy atom. The molecular formula is C10H12N3S+. The molecule has 0 aliphatic heterocycles. The van der Waals surface area contributed by atoms with E-state index in [1.54, 1.807) is 6.21 Å². The standard InChI is InChI=1S/C10H11N3S/c11-10(14)13-12-8-4-7-9-5-2-1-3-6-9/h1-8H,(H3,11,13,14)/p+1. The molecule has 0 aromatic heterocycles. The van der Waals surface area contributed by atoms with Crippen molar-refractivity contribution >= 4 is 29.6 Å². The number of hydrazine groups is 1. The molecule has 0 aliphatic rings. The Balaban J connectivity index is 2.42. The van der Waals surface area contributed by atoms with E-state index in [9.17, 15) is 0 Å². The molecule has 0 saturated heterocycles. The summed E-state index contributed by atoms with van der Waals surface area (Å²) in [6, 6.07) is 9.99. The first-order valence-electron chi connectivity index (χ1n) is 4.15. The molecule has 0 fully saturated rings. The molecule has 4 N–H and O–H groups in total. The zero-order valence-electron chi connectivity index (χ0n) is 7.60. The summed E-state index contributed by atoms with van der Waals surface area (Å²) in [5.74, 6) is 0. The Morgan fingerprint density at radius 1 is 1.36 bits per heavy atom. The lowest BCUT2D eigenvalue weighted by Gasteiger charge is -1.87. The van der Waals surface area contributed by atoms with Gasteiger partial charge in [0.1, 0.15) is 0 Å². The van der Waals surface area contributed by atoms with Gasteiger partial charge in [-0.3, -0.25) is 0 Å². The lowest BCUT2D eigenvalue weighted by atomic mass is 10.2. The zero-order valence-corrected chi connectivity index (χ0v) is 8.42. The molecule has 0 radical (unpaired) electrons. The minimum atomic E-state index is 0.217. The number of hydrogen-bond acceptors (Lipinski definition) is 1. The van der Waals surface area contributed by atoms with Gasteiger partial charge in [0.2, 0.25) is 5.11 Å². The van der Waals surface area contributed by atoms with E-state index >= 15 is 0 Å². The van der Waals surface area contributed by atoms with Crippen LogP contribution in [-0.2, 0) is 0 Å².